The number of piperazine rings is 1. The fourth-order valence-electron chi connectivity index (χ4n) is 5.10. The maximum Gasteiger partial charge on any atom is 0.416 e. The summed E-state index contributed by atoms with van der Waals surface area (Å²) in [4.78, 5) is 15.1. The fourth-order valence-corrected chi connectivity index (χ4v) is 6.48. The Hall–Kier alpha value is -3.55. The van der Waals surface area contributed by atoms with E-state index >= 15 is 0 Å². The summed E-state index contributed by atoms with van der Waals surface area (Å²) < 4.78 is 73.0. The molecule has 0 atom stereocenters. The molecule has 2 N–H and O–H groups in total. The van der Waals surface area contributed by atoms with Crippen molar-refractivity contribution in [2.45, 2.75) is 17.6 Å². The SMILES string of the molecule is Cl.Cl.O=C1/C(=C/c2cn(S(=O)(=O)c3ccc(C(F)(F)F)cc3)c3ccccc23)Oc2c1ccc(O)c2CN1CCNCC1. The minimum Gasteiger partial charge on any atom is -0.507 e. The zero-order chi connectivity index (χ0) is 28.9. The molecule has 2 aliphatic rings. The third-order valence-electron chi connectivity index (χ3n) is 7.24. The van der Waals surface area contributed by atoms with Crippen molar-refractivity contribution in [2.75, 3.05) is 26.2 Å². The van der Waals surface area contributed by atoms with E-state index in [1.807, 2.05) is 0 Å². The van der Waals surface area contributed by atoms with Gasteiger partial charge in [-0.1, -0.05) is 18.2 Å². The number of ketones is 1. The van der Waals surface area contributed by atoms with Crippen LogP contribution in [0.1, 0.15) is 27.0 Å². The molecule has 0 radical (unpaired) electrons. The Balaban J connectivity index is 0.00000212. The van der Waals surface area contributed by atoms with Gasteiger partial charge in [-0.25, -0.2) is 12.4 Å². The molecule has 0 spiro atoms. The Bertz CT molecular complexity index is 1820. The van der Waals surface area contributed by atoms with Crippen LogP contribution >= 0.6 is 24.8 Å². The molecular formula is C29H26Cl2F3N3O5S. The quantitative estimate of drug-likeness (QED) is 0.275. The number of Topliss-reactive ketones (excluding diaryl/α,β-unsaturated/α-hetero) is 1. The number of ether oxygens (including phenoxy) is 1. The highest BCUT2D eigenvalue weighted by Gasteiger charge is 2.33. The Kier molecular flexibility index (Phi) is 9.19. The monoisotopic (exact) mass is 655 g/mol. The van der Waals surface area contributed by atoms with Crippen LogP contribution < -0.4 is 10.1 Å². The average molecular weight is 657 g/mol. The number of rotatable bonds is 5. The third kappa shape index (κ3) is 5.98. The van der Waals surface area contributed by atoms with E-state index in [9.17, 15) is 31.5 Å². The van der Waals surface area contributed by atoms with Crippen LogP contribution in [0.5, 0.6) is 11.5 Å². The van der Waals surface area contributed by atoms with Gasteiger partial charge in [-0.2, -0.15) is 13.2 Å². The molecule has 2 aliphatic heterocycles. The molecule has 8 nitrogen and oxygen atoms in total. The molecule has 0 saturated carbocycles. The molecule has 1 aromatic heterocycles. The summed E-state index contributed by atoms with van der Waals surface area (Å²) in [5.74, 6) is -0.178. The normalized spacial score (nSPS) is 16.4. The Labute approximate surface area is 257 Å². The van der Waals surface area contributed by atoms with E-state index in [0.717, 1.165) is 54.4 Å². The number of phenolic OH excluding ortho intramolecular Hbond substituents is 1. The Morgan fingerprint density at radius 3 is 2.33 bits per heavy atom. The number of allylic oxidation sites excluding steroid dienone is 1. The van der Waals surface area contributed by atoms with Crippen LogP contribution in [-0.4, -0.2) is 54.4 Å². The number of aromatic hydroxyl groups is 1. The summed E-state index contributed by atoms with van der Waals surface area (Å²) in [6.07, 6.45) is -1.85. The number of carbonyl (C=O) groups is 1. The molecule has 0 unspecified atom stereocenters. The first kappa shape index (κ1) is 32.4. The molecule has 3 heterocycles. The lowest BCUT2D eigenvalue weighted by molar-refractivity contribution is -0.137. The van der Waals surface area contributed by atoms with Crippen molar-refractivity contribution in [1.29, 1.82) is 0 Å². The standard InChI is InChI=1S/C29H24F3N3O5S.2ClH/c30-29(31,32)19-5-7-20(8-6-19)41(38,39)35-16-18(21-3-1-2-4-24(21)35)15-26-27(37)22-9-10-25(36)23(28(22)40-26)17-34-13-11-33-12-14-34;;/h1-10,15-16,33,36H,11-14,17H2;2*1H/b26-15-;;. The van der Waals surface area contributed by atoms with Gasteiger partial charge in [-0.15, -0.1) is 24.8 Å². The number of fused-ring (bicyclic) bond motifs is 2. The van der Waals surface area contributed by atoms with Gasteiger partial charge in [0, 0.05) is 49.9 Å². The van der Waals surface area contributed by atoms with E-state index in [2.05, 4.69) is 10.2 Å². The molecule has 1 fully saturated rings. The summed E-state index contributed by atoms with van der Waals surface area (Å²) in [7, 11) is -4.29. The smallest absolute Gasteiger partial charge is 0.416 e. The first-order valence-corrected chi connectivity index (χ1v) is 14.2. The zero-order valence-electron chi connectivity index (χ0n) is 22.3. The molecule has 14 heteroatoms. The minimum atomic E-state index is -4.60. The molecular weight excluding hydrogens is 630 g/mol. The largest absolute Gasteiger partial charge is 0.507 e. The maximum atomic E-state index is 13.5. The van der Waals surface area contributed by atoms with Crippen LogP contribution in [0.4, 0.5) is 13.2 Å². The number of halogens is 5. The number of benzene rings is 3. The lowest BCUT2D eigenvalue weighted by Gasteiger charge is -2.27. The lowest BCUT2D eigenvalue weighted by Crippen LogP contribution is -2.42. The Morgan fingerprint density at radius 1 is 0.977 bits per heavy atom. The van der Waals surface area contributed by atoms with E-state index in [0.29, 0.717) is 28.6 Å². The highest BCUT2D eigenvalue weighted by molar-refractivity contribution is 7.90. The van der Waals surface area contributed by atoms with E-state index in [1.165, 1.54) is 24.4 Å². The van der Waals surface area contributed by atoms with E-state index in [-0.39, 0.29) is 52.5 Å². The topological polar surface area (TPSA) is 101 Å². The van der Waals surface area contributed by atoms with Gasteiger partial charge >= 0.3 is 6.18 Å². The van der Waals surface area contributed by atoms with Crippen molar-refractivity contribution >= 4 is 57.6 Å². The molecule has 4 aromatic rings. The number of aromatic nitrogens is 1. The second kappa shape index (κ2) is 12.2. The highest BCUT2D eigenvalue weighted by Crippen LogP contribution is 2.41. The number of phenols is 1. The number of para-hydroxylation sites is 1. The molecule has 1 saturated heterocycles. The molecule has 3 aromatic carbocycles. The van der Waals surface area contributed by atoms with Crippen LogP contribution in [-0.2, 0) is 22.7 Å². The molecule has 228 valence electrons. The number of nitrogens with one attached hydrogen (secondary N) is 1. The highest BCUT2D eigenvalue weighted by atomic mass is 35.5. The predicted octanol–water partition coefficient (Wildman–Crippen LogP) is 5.47. The van der Waals surface area contributed by atoms with Gasteiger partial charge in [-0.05, 0) is 48.5 Å². The zero-order valence-corrected chi connectivity index (χ0v) is 24.7. The number of nitrogens with zero attached hydrogens (tertiary/aromatic N) is 2. The number of carbonyl (C=O) groups excluding carboxylic acids is 1. The second-order valence-electron chi connectivity index (χ2n) is 9.83. The van der Waals surface area contributed by atoms with E-state index in [1.54, 1.807) is 24.3 Å². The van der Waals surface area contributed by atoms with Crippen molar-refractivity contribution in [3.8, 4) is 11.5 Å². The lowest BCUT2D eigenvalue weighted by atomic mass is 10.0. The van der Waals surface area contributed by atoms with Crippen molar-refractivity contribution in [1.82, 2.24) is 14.2 Å². The van der Waals surface area contributed by atoms with Gasteiger partial charge in [0.05, 0.1) is 27.1 Å². The van der Waals surface area contributed by atoms with Gasteiger partial charge in [0.25, 0.3) is 10.0 Å². The van der Waals surface area contributed by atoms with Crippen molar-refractivity contribution in [3.05, 3.63) is 94.9 Å². The summed E-state index contributed by atoms with van der Waals surface area (Å²) in [6.45, 7) is 3.54. The van der Waals surface area contributed by atoms with Gasteiger partial charge in [0.1, 0.15) is 11.5 Å². The van der Waals surface area contributed by atoms with Gasteiger partial charge in [-0.3, -0.25) is 9.69 Å². The molecule has 0 aliphatic carbocycles. The van der Waals surface area contributed by atoms with Crippen LogP contribution in [0.25, 0.3) is 17.0 Å². The maximum absolute atomic E-state index is 13.5. The minimum absolute atomic E-state index is 0. The van der Waals surface area contributed by atoms with Crippen molar-refractivity contribution in [2.24, 2.45) is 0 Å². The molecule has 0 amide bonds. The number of hydrogen-bond donors (Lipinski definition) is 2. The van der Waals surface area contributed by atoms with Crippen molar-refractivity contribution < 1.29 is 36.2 Å². The first-order valence-electron chi connectivity index (χ1n) is 12.8. The number of hydrogen-bond acceptors (Lipinski definition) is 7. The third-order valence-corrected chi connectivity index (χ3v) is 8.93. The summed E-state index contributed by atoms with van der Waals surface area (Å²) in [5, 5.41) is 14.3. The summed E-state index contributed by atoms with van der Waals surface area (Å²) >= 11 is 0. The first-order chi connectivity index (χ1) is 19.5. The second-order valence-corrected chi connectivity index (χ2v) is 11.6. The van der Waals surface area contributed by atoms with Gasteiger partial charge in [0.15, 0.2) is 5.76 Å². The average Bonchev–Trinajstić information content (AvgIpc) is 3.49. The molecule has 0 bridgehead atoms. The molecule has 43 heavy (non-hydrogen) atoms. The van der Waals surface area contributed by atoms with Crippen molar-refractivity contribution in [3.63, 3.8) is 0 Å². The fraction of sp³-hybridized carbons (Fsp3) is 0.207. The Morgan fingerprint density at radius 2 is 1.65 bits per heavy atom. The molecule has 6 rings (SSSR count). The van der Waals surface area contributed by atoms with Crippen LogP contribution in [0.3, 0.4) is 0 Å². The van der Waals surface area contributed by atoms with E-state index < -0.39 is 27.5 Å². The van der Waals surface area contributed by atoms with Crippen LogP contribution in [0.2, 0.25) is 0 Å². The summed E-state index contributed by atoms with van der Waals surface area (Å²) in [5.41, 5.74) is 0.464. The van der Waals surface area contributed by atoms with E-state index in [4.69, 9.17) is 4.74 Å². The van der Waals surface area contributed by atoms with Crippen LogP contribution in [0, 0.1) is 0 Å². The summed E-state index contributed by atoms with van der Waals surface area (Å²) in [6, 6.07) is 12.8. The van der Waals surface area contributed by atoms with Gasteiger partial charge in [0.2, 0.25) is 5.78 Å². The van der Waals surface area contributed by atoms with Crippen LogP contribution in [0.15, 0.2) is 77.5 Å². The van der Waals surface area contributed by atoms with Gasteiger partial charge < -0.3 is 15.2 Å². The number of alkyl halides is 3. The predicted molar refractivity (Wildman–Crippen MR) is 160 cm³/mol.